The van der Waals surface area contributed by atoms with Crippen LogP contribution in [0.1, 0.15) is 41.6 Å². The molecule has 1 amide bonds. The van der Waals surface area contributed by atoms with Crippen LogP contribution in [-0.2, 0) is 6.54 Å². The van der Waals surface area contributed by atoms with Crippen molar-refractivity contribution in [3.05, 3.63) is 66.4 Å². The number of imidazole rings is 1. The number of anilines is 3. The minimum Gasteiger partial charge on any atom is -0.393 e. The van der Waals surface area contributed by atoms with Crippen LogP contribution in [0.4, 0.5) is 17.2 Å². The summed E-state index contributed by atoms with van der Waals surface area (Å²) < 4.78 is 1.98. The van der Waals surface area contributed by atoms with Crippen LogP contribution in [-0.4, -0.2) is 48.6 Å². The van der Waals surface area contributed by atoms with E-state index in [1.54, 1.807) is 12.4 Å². The average Bonchev–Trinajstić information content (AvgIpc) is 3.55. The van der Waals surface area contributed by atoms with Gasteiger partial charge in [-0.25, -0.2) is 9.97 Å². The summed E-state index contributed by atoms with van der Waals surface area (Å²) in [7, 11) is 0. The Morgan fingerprint density at radius 2 is 1.89 bits per heavy atom. The molecule has 0 aliphatic carbocycles. The average molecular weight is 468 g/mol. The SMILES string of the molecule is O=C1NCc2c(-c3cnc4cnccn34)ccc(Nc3ccc(N4[C@@H]5CC[C@H]4C[C@@H](O)C5)nc3)c21. The molecule has 6 heterocycles. The van der Waals surface area contributed by atoms with Gasteiger partial charge in [0.15, 0.2) is 5.65 Å². The lowest BCUT2D eigenvalue weighted by Gasteiger charge is -2.38. The molecule has 0 radical (unpaired) electrons. The molecular formula is C26H25N7O2. The third-order valence-corrected chi connectivity index (χ3v) is 7.56. The molecule has 9 nitrogen and oxygen atoms in total. The lowest BCUT2D eigenvalue weighted by molar-refractivity contribution is 0.0966. The lowest BCUT2D eigenvalue weighted by atomic mass is 9.99. The number of benzene rings is 1. The fourth-order valence-electron chi connectivity index (χ4n) is 6.02. The van der Waals surface area contributed by atoms with Crippen molar-refractivity contribution in [2.45, 2.75) is 50.4 Å². The Balaban J connectivity index is 1.19. The maximum absolute atomic E-state index is 12.8. The lowest BCUT2D eigenvalue weighted by Crippen LogP contribution is -2.45. The molecular weight excluding hydrogens is 442 g/mol. The normalized spacial score (nSPS) is 22.9. The minimum atomic E-state index is -0.196. The van der Waals surface area contributed by atoms with Crippen molar-refractivity contribution in [3.8, 4) is 11.3 Å². The smallest absolute Gasteiger partial charge is 0.254 e. The first-order chi connectivity index (χ1) is 17.2. The van der Waals surface area contributed by atoms with Crippen LogP contribution in [0.15, 0.2) is 55.2 Å². The molecule has 3 aliphatic rings. The number of fused-ring (bicyclic) bond motifs is 4. The van der Waals surface area contributed by atoms with E-state index in [9.17, 15) is 9.90 Å². The number of aromatic nitrogens is 4. The fourth-order valence-corrected chi connectivity index (χ4v) is 6.02. The summed E-state index contributed by atoms with van der Waals surface area (Å²) in [6.45, 7) is 0.470. The molecule has 2 saturated heterocycles. The predicted octanol–water partition coefficient (Wildman–Crippen LogP) is 3.27. The number of piperidine rings is 1. The van der Waals surface area contributed by atoms with E-state index in [0.29, 0.717) is 24.2 Å². The van der Waals surface area contributed by atoms with Crippen LogP contribution >= 0.6 is 0 Å². The molecule has 0 unspecified atom stereocenters. The Morgan fingerprint density at radius 3 is 2.69 bits per heavy atom. The molecule has 3 atom stereocenters. The zero-order valence-electron chi connectivity index (χ0n) is 19.1. The largest absolute Gasteiger partial charge is 0.393 e. The molecule has 9 heteroatoms. The van der Waals surface area contributed by atoms with Crippen LogP contribution in [0.3, 0.4) is 0 Å². The summed E-state index contributed by atoms with van der Waals surface area (Å²) in [5.74, 6) is 0.864. The van der Waals surface area contributed by atoms with Gasteiger partial charge in [-0.2, -0.15) is 0 Å². The first kappa shape index (κ1) is 20.4. The number of nitrogens with zero attached hydrogens (tertiary/aromatic N) is 5. The van der Waals surface area contributed by atoms with Gasteiger partial charge in [0.2, 0.25) is 0 Å². The van der Waals surface area contributed by atoms with E-state index in [2.05, 4.69) is 25.5 Å². The number of hydrogen-bond acceptors (Lipinski definition) is 7. The molecule has 35 heavy (non-hydrogen) atoms. The quantitative estimate of drug-likeness (QED) is 0.423. The highest BCUT2D eigenvalue weighted by Gasteiger charge is 2.40. The second-order valence-corrected chi connectivity index (χ2v) is 9.59. The summed E-state index contributed by atoms with van der Waals surface area (Å²) >= 11 is 0. The van der Waals surface area contributed by atoms with Gasteiger partial charge in [0.1, 0.15) is 5.82 Å². The molecule has 1 aromatic carbocycles. The van der Waals surface area contributed by atoms with Crippen molar-refractivity contribution in [1.82, 2.24) is 24.7 Å². The number of nitrogens with one attached hydrogen (secondary N) is 2. The van der Waals surface area contributed by atoms with Gasteiger partial charge < -0.3 is 20.6 Å². The number of pyridine rings is 1. The molecule has 4 aromatic rings. The van der Waals surface area contributed by atoms with Crippen molar-refractivity contribution >= 4 is 28.7 Å². The van der Waals surface area contributed by atoms with E-state index in [4.69, 9.17) is 4.98 Å². The Labute approximate surface area is 201 Å². The van der Waals surface area contributed by atoms with E-state index < -0.39 is 0 Å². The first-order valence-electron chi connectivity index (χ1n) is 12.1. The third-order valence-electron chi connectivity index (χ3n) is 7.56. The highest BCUT2D eigenvalue weighted by Crippen LogP contribution is 2.39. The Bertz CT molecular complexity index is 1430. The molecule has 3 N–H and O–H groups in total. The number of amides is 1. The monoisotopic (exact) mass is 467 g/mol. The predicted molar refractivity (Wildman–Crippen MR) is 132 cm³/mol. The first-order valence-corrected chi connectivity index (χ1v) is 12.1. The van der Waals surface area contributed by atoms with Gasteiger partial charge in [-0.1, -0.05) is 6.07 Å². The molecule has 176 valence electrons. The van der Waals surface area contributed by atoms with Crippen molar-refractivity contribution < 1.29 is 9.90 Å². The fraction of sp³-hybridized carbons (Fsp3) is 0.308. The van der Waals surface area contributed by atoms with E-state index >= 15 is 0 Å². The van der Waals surface area contributed by atoms with Crippen molar-refractivity contribution in [3.63, 3.8) is 0 Å². The van der Waals surface area contributed by atoms with Crippen LogP contribution in [0.5, 0.6) is 0 Å². The van der Waals surface area contributed by atoms with Crippen molar-refractivity contribution in [2.24, 2.45) is 0 Å². The van der Waals surface area contributed by atoms with Crippen LogP contribution < -0.4 is 15.5 Å². The highest BCUT2D eigenvalue weighted by molar-refractivity contribution is 6.06. The molecule has 3 aliphatic heterocycles. The zero-order valence-corrected chi connectivity index (χ0v) is 19.1. The summed E-state index contributed by atoms with van der Waals surface area (Å²) in [6.07, 6.45) is 12.6. The van der Waals surface area contributed by atoms with Gasteiger partial charge >= 0.3 is 0 Å². The Hall–Kier alpha value is -3.98. The second-order valence-electron chi connectivity index (χ2n) is 9.59. The maximum atomic E-state index is 12.8. The summed E-state index contributed by atoms with van der Waals surface area (Å²) in [5, 5.41) is 16.5. The number of aliphatic hydroxyl groups excluding tert-OH is 1. The van der Waals surface area contributed by atoms with Gasteiger partial charge in [-0.05, 0) is 49.4 Å². The summed E-state index contributed by atoms with van der Waals surface area (Å²) in [5.41, 5.74) is 5.84. The van der Waals surface area contributed by atoms with Crippen LogP contribution in [0, 0.1) is 0 Å². The number of hydrogen-bond donors (Lipinski definition) is 3. The van der Waals surface area contributed by atoms with Crippen molar-refractivity contribution in [1.29, 1.82) is 0 Å². The number of rotatable bonds is 4. The van der Waals surface area contributed by atoms with Gasteiger partial charge in [0.25, 0.3) is 5.91 Å². The Morgan fingerprint density at radius 1 is 1.03 bits per heavy atom. The molecule has 0 saturated carbocycles. The molecule has 0 spiro atoms. The second kappa shape index (κ2) is 7.78. The molecule has 7 rings (SSSR count). The topological polar surface area (TPSA) is 108 Å². The maximum Gasteiger partial charge on any atom is 0.254 e. The number of carbonyl (C=O) groups is 1. The summed E-state index contributed by atoms with van der Waals surface area (Å²) in [4.78, 5) is 28.5. The van der Waals surface area contributed by atoms with Crippen LogP contribution in [0.25, 0.3) is 16.9 Å². The van der Waals surface area contributed by atoms with Gasteiger partial charge in [0, 0.05) is 36.6 Å². The molecule has 2 fully saturated rings. The van der Waals surface area contributed by atoms with E-state index in [1.165, 1.54) is 0 Å². The van der Waals surface area contributed by atoms with E-state index in [0.717, 1.165) is 65.3 Å². The minimum absolute atomic E-state index is 0.0899. The standard InChI is InChI=1S/C26H25N7O2/c34-18-9-16-2-3-17(10-18)33(16)23-6-1-15(11-28-23)31-21-5-4-19(20-12-30-26(35)25(20)21)22-13-29-24-14-27-7-8-32(22)24/h1,4-8,11,13-14,16-18,31,34H,2-3,9-10,12H2,(H,30,35)/t16-,17+,18+. The van der Waals surface area contributed by atoms with E-state index in [-0.39, 0.29) is 12.0 Å². The molecule has 2 bridgehead atoms. The number of carbonyl (C=O) groups excluding carboxylic acids is 1. The van der Waals surface area contributed by atoms with E-state index in [1.807, 2.05) is 47.3 Å². The molecule has 3 aromatic heterocycles. The number of aliphatic hydroxyl groups is 1. The highest BCUT2D eigenvalue weighted by atomic mass is 16.3. The van der Waals surface area contributed by atoms with Crippen LogP contribution in [0.2, 0.25) is 0 Å². The zero-order chi connectivity index (χ0) is 23.5. The van der Waals surface area contributed by atoms with Gasteiger partial charge in [-0.3, -0.25) is 14.2 Å². The van der Waals surface area contributed by atoms with Crippen molar-refractivity contribution in [2.75, 3.05) is 10.2 Å². The third kappa shape index (κ3) is 3.26. The van der Waals surface area contributed by atoms with Gasteiger partial charge in [0.05, 0.1) is 47.3 Å². The van der Waals surface area contributed by atoms with Gasteiger partial charge in [-0.15, -0.1) is 0 Å². The Kier molecular flexibility index (Phi) is 4.53. The summed E-state index contributed by atoms with van der Waals surface area (Å²) in [6, 6.07) is 8.75.